The number of aromatic nitrogens is 1. The van der Waals surface area contributed by atoms with Gasteiger partial charge in [0.2, 0.25) is 11.8 Å². The van der Waals surface area contributed by atoms with E-state index >= 15 is 0 Å². The van der Waals surface area contributed by atoms with Crippen LogP contribution in [-0.4, -0.2) is 29.0 Å². The average Bonchev–Trinajstić information content (AvgIpc) is 2.80. The molecule has 31 heavy (non-hydrogen) atoms. The van der Waals surface area contributed by atoms with Crippen LogP contribution in [0.1, 0.15) is 29.6 Å². The second-order valence-electron chi connectivity index (χ2n) is 7.56. The molecule has 2 aromatic carbocycles. The summed E-state index contributed by atoms with van der Waals surface area (Å²) in [6.45, 7) is 0.732. The molecule has 4 rings (SSSR count). The molecule has 1 aliphatic rings. The number of carbonyl (C=O) groups is 2. The van der Waals surface area contributed by atoms with Gasteiger partial charge in [-0.25, -0.2) is 0 Å². The minimum Gasteiger partial charge on any atom is -0.366 e. The Balaban J connectivity index is 1.51. The Bertz CT molecular complexity index is 1150. The molecule has 1 fully saturated rings. The van der Waals surface area contributed by atoms with E-state index in [9.17, 15) is 14.4 Å². The molecule has 7 heteroatoms. The summed E-state index contributed by atoms with van der Waals surface area (Å²) in [5, 5.41) is 2.98. The van der Waals surface area contributed by atoms with Gasteiger partial charge >= 0.3 is 0 Å². The molecule has 0 aliphatic carbocycles. The Morgan fingerprint density at radius 3 is 2.48 bits per heavy atom. The van der Waals surface area contributed by atoms with Crippen molar-refractivity contribution in [2.45, 2.75) is 25.3 Å². The van der Waals surface area contributed by atoms with Gasteiger partial charge in [-0.3, -0.25) is 19.0 Å². The maximum atomic E-state index is 13.1. The molecule has 0 radical (unpaired) electrons. The van der Waals surface area contributed by atoms with Crippen molar-refractivity contribution in [1.29, 1.82) is 0 Å². The number of benzene rings is 2. The lowest BCUT2D eigenvalue weighted by atomic mass is 9.99. The molecule has 2 amide bonds. The van der Waals surface area contributed by atoms with Crippen LogP contribution in [0.15, 0.2) is 77.7 Å². The summed E-state index contributed by atoms with van der Waals surface area (Å²) in [7, 11) is 0. The number of nitrogens with zero attached hydrogens (tertiary/aromatic N) is 2. The second kappa shape index (κ2) is 8.87. The van der Waals surface area contributed by atoms with E-state index in [4.69, 9.17) is 5.73 Å². The number of primary amides is 1. The first-order valence-corrected chi connectivity index (χ1v) is 10.3. The highest BCUT2D eigenvalue weighted by molar-refractivity contribution is 5.98. The number of pyridine rings is 1. The van der Waals surface area contributed by atoms with Crippen LogP contribution in [0.5, 0.6) is 0 Å². The Hall–Kier alpha value is -3.87. The number of hydrogen-bond acceptors (Lipinski definition) is 4. The quantitative estimate of drug-likeness (QED) is 0.668. The fourth-order valence-corrected chi connectivity index (χ4v) is 3.92. The predicted molar refractivity (Wildman–Crippen MR) is 121 cm³/mol. The minimum absolute atomic E-state index is 0.103. The summed E-state index contributed by atoms with van der Waals surface area (Å²) >= 11 is 0. The summed E-state index contributed by atoms with van der Waals surface area (Å²) in [5.74, 6) is -0.591. The summed E-state index contributed by atoms with van der Waals surface area (Å²) in [6.07, 6.45) is 4.37. The first-order chi connectivity index (χ1) is 15.0. The van der Waals surface area contributed by atoms with Crippen LogP contribution >= 0.6 is 0 Å². The van der Waals surface area contributed by atoms with Crippen molar-refractivity contribution in [3.05, 3.63) is 88.8 Å². The van der Waals surface area contributed by atoms with E-state index in [1.165, 1.54) is 6.07 Å². The lowest BCUT2D eigenvalue weighted by Gasteiger charge is -2.36. The van der Waals surface area contributed by atoms with Crippen molar-refractivity contribution in [1.82, 2.24) is 4.57 Å². The highest BCUT2D eigenvalue weighted by atomic mass is 16.2. The molecule has 7 nitrogen and oxygen atoms in total. The van der Waals surface area contributed by atoms with Gasteiger partial charge in [-0.05, 0) is 67.8 Å². The van der Waals surface area contributed by atoms with Gasteiger partial charge in [-0.15, -0.1) is 0 Å². The van der Waals surface area contributed by atoms with Crippen molar-refractivity contribution in [3.8, 4) is 5.69 Å². The molecule has 1 aliphatic heterocycles. The maximum Gasteiger partial charge on any atom is 0.255 e. The highest BCUT2D eigenvalue weighted by Gasteiger charge is 2.29. The van der Waals surface area contributed by atoms with E-state index in [1.807, 2.05) is 11.0 Å². The Labute approximate surface area is 180 Å². The molecular formula is C24H24N4O3. The zero-order chi connectivity index (χ0) is 21.8. The van der Waals surface area contributed by atoms with Crippen LogP contribution < -0.4 is 21.5 Å². The minimum atomic E-state index is -0.488. The molecule has 0 spiro atoms. The van der Waals surface area contributed by atoms with Crippen molar-refractivity contribution in [2.75, 3.05) is 16.8 Å². The summed E-state index contributed by atoms with van der Waals surface area (Å²) in [6, 6.07) is 18.9. The van der Waals surface area contributed by atoms with E-state index in [0.29, 0.717) is 11.3 Å². The molecule has 0 bridgehead atoms. The van der Waals surface area contributed by atoms with Crippen LogP contribution in [0.2, 0.25) is 0 Å². The average molecular weight is 416 g/mol. The monoisotopic (exact) mass is 416 g/mol. The number of nitrogens with two attached hydrogens (primary N) is 1. The summed E-state index contributed by atoms with van der Waals surface area (Å²) < 4.78 is 1.54. The normalized spacial score (nSPS) is 16.0. The first kappa shape index (κ1) is 20.4. The van der Waals surface area contributed by atoms with E-state index in [-0.39, 0.29) is 17.5 Å². The number of carbonyl (C=O) groups excluding carboxylic acids is 2. The van der Waals surface area contributed by atoms with Gasteiger partial charge in [0.25, 0.3) is 5.56 Å². The van der Waals surface area contributed by atoms with Gasteiger partial charge in [0.15, 0.2) is 0 Å². The summed E-state index contributed by atoms with van der Waals surface area (Å²) in [4.78, 5) is 38.6. The van der Waals surface area contributed by atoms with Crippen molar-refractivity contribution in [2.24, 2.45) is 5.73 Å². The molecular weight excluding hydrogens is 392 g/mol. The predicted octanol–water partition coefficient (Wildman–Crippen LogP) is 2.93. The zero-order valence-corrected chi connectivity index (χ0v) is 17.0. The third-order valence-corrected chi connectivity index (χ3v) is 5.50. The van der Waals surface area contributed by atoms with Gasteiger partial charge in [0.05, 0.1) is 0 Å². The lowest BCUT2D eigenvalue weighted by molar-refractivity contribution is -0.117. The Kier molecular flexibility index (Phi) is 5.84. The fourth-order valence-electron chi connectivity index (χ4n) is 3.92. The molecule has 1 unspecified atom stereocenters. The van der Waals surface area contributed by atoms with Crippen LogP contribution in [-0.2, 0) is 4.79 Å². The van der Waals surface area contributed by atoms with E-state index in [2.05, 4.69) is 5.32 Å². The van der Waals surface area contributed by atoms with Crippen LogP contribution in [0.4, 0.5) is 11.4 Å². The van der Waals surface area contributed by atoms with Crippen LogP contribution in [0.3, 0.4) is 0 Å². The number of piperidine rings is 1. The fraction of sp³-hybridized carbons (Fsp3) is 0.208. The molecule has 2 heterocycles. The van der Waals surface area contributed by atoms with Crippen molar-refractivity contribution >= 4 is 23.2 Å². The standard InChI is InChI=1S/C24H24N4O3/c25-23(30)17-6-5-7-20(16-17)27-14-3-1-8-21(27)24(31)26-18-10-12-19(13-11-18)28-15-4-2-9-22(28)29/h2,4-7,9-13,15-16,21H,1,3,8,14H2,(H2,25,30)(H,26,31). The smallest absolute Gasteiger partial charge is 0.255 e. The third kappa shape index (κ3) is 4.50. The van der Waals surface area contributed by atoms with E-state index in [0.717, 1.165) is 37.2 Å². The molecule has 1 aromatic heterocycles. The lowest BCUT2D eigenvalue weighted by Crippen LogP contribution is -2.47. The maximum absolute atomic E-state index is 13.1. The van der Waals surface area contributed by atoms with Gasteiger partial charge in [-0.1, -0.05) is 12.1 Å². The van der Waals surface area contributed by atoms with E-state index < -0.39 is 5.91 Å². The Morgan fingerprint density at radius 2 is 1.74 bits per heavy atom. The largest absolute Gasteiger partial charge is 0.366 e. The van der Waals surface area contributed by atoms with Crippen molar-refractivity contribution in [3.63, 3.8) is 0 Å². The number of amides is 2. The molecule has 1 atom stereocenters. The van der Waals surface area contributed by atoms with Gasteiger partial charge in [-0.2, -0.15) is 0 Å². The molecule has 158 valence electrons. The highest BCUT2D eigenvalue weighted by Crippen LogP contribution is 2.26. The summed E-state index contributed by atoms with van der Waals surface area (Å²) in [5.41, 5.74) is 7.93. The molecule has 3 N–H and O–H groups in total. The molecule has 3 aromatic rings. The van der Waals surface area contributed by atoms with Crippen LogP contribution in [0.25, 0.3) is 5.69 Å². The SMILES string of the molecule is NC(=O)c1cccc(N2CCCCC2C(=O)Nc2ccc(-n3ccccc3=O)cc2)c1. The number of anilines is 2. The number of nitrogens with one attached hydrogen (secondary N) is 1. The van der Waals surface area contributed by atoms with Gasteiger partial charge in [0.1, 0.15) is 6.04 Å². The first-order valence-electron chi connectivity index (χ1n) is 10.3. The number of rotatable bonds is 5. The van der Waals surface area contributed by atoms with Gasteiger partial charge < -0.3 is 16.0 Å². The van der Waals surface area contributed by atoms with Crippen LogP contribution in [0, 0.1) is 0 Å². The second-order valence-corrected chi connectivity index (χ2v) is 7.56. The topological polar surface area (TPSA) is 97.4 Å². The zero-order valence-electron chi connectivity index (χ0n) is 17.0. The molecule has 1 saturated heterocycles. The van der Waals surface area contributed by atoms with E-state index in [1.54, 1.807) is 65.4 Å². The Morgan fingerprint density at radius 1 is 0.935 bits per heavy atom. The van der Waals surface area contributed by atoms with Gasteiger partial charge in [0, 0.05) is 41.4 Å². The number of hydrogen-bond donors (Lipinski definition) is 2. The van der Waals surface area contributed by atoms with Crippen molar-refractivity contribution < 1.29 is 9.59 Å². The molecule has 0 saturated carbocycles. The third-order valence-electron chi connectivity index (χ3n) is 5.50.